The molecule has 5 aromatic carbocycles. The van der Waals surface area contributed by atoms with Crippen LogP contribution < -0.4 is 32.9 Å². The Morgan fingerprint density at radius 1 is 0.514 bits per heavy atom. The van der Waals surface area contributed by atoms with Crippen molar-refractivity contribution in [3.05, 3.63) is 149 Å². The van der Waals surface area contributed by atoms with E-state index in [1.165, 1.54) is 27.0 Å². The smallest absolute Gasteiger partial charge is 0.117 e. The van der Waals surface area contributed by atoms with E-state index in [1.807, 2.05) is 12.1 Å². The fraction of sp³-hybridized carbons (Fsp3) is 0.0323. The highest BCUT2D eigenvalue weighted by molar-refractivity contribution is 7.95. The second-order valence-corrected chi connectivity index (χ2v) is 12.5. The Hall–Kier alpha value is -2.41. The van der Waals surface area contributed by atoms with Crippen LogP contribution >= 0.6 is 30.5 Å². The lowest BCUT2D eigenvalue weighted by Crippen LogP contribution is -3.00. The van der Waals surface area contributed by atoms with Crippen LogP contribution in [0, 0.1) is 0 Å². The van der Waals surface area contributed by atoms with Gasteiger partial charge in [0.2, 0.25) is 0 Å². The maximum Gasteiger partial charge on any atom is 0.117 e. The molecule has 0 nitrogen and oxygen atoms in total. The molecule has 0 atom stereocenters. The van der Waals surface area contributed by atoms with E-state index in [1.54, 1.807) is 0 Å². The van der Waals surface area contributed by atoms with E-state index in [0.717, 1.165) is 11.7 Å². The average Bonchev–Trinajstić information content (AvgIpc) is 2.90. The Labute approximate surface area is 228 Å². The Morgan fingerprint density at radius 2 is 1.03 bits per heavy atom. The van der Waals surface area contributed by atoms with Gasteiger partial charge in [-0.3, -0.25) is 0 Å². The molecule has 0 N–H and O–H groups in total. The molecule has 4 heteroatoms. The number of rotatable bonds is 6. The molecule has 5 rings (SSSR count). The van der Waals surface area contributed by atoms with Gasteiger partial charge in [-0.2, -0.15) is 0 Å². The molecule has 0 amide bonds. The van der Waals surface area contributed by atoms with Crippen LogP contribution in [0.5, 0.6) is 0 Å². The molecule has 0 bridgehead atoms. The van der Waals surface area contributed by atoms with E-state index < -0.39 is 7.26 Å². The normalized spacial score (nSPS) is 11.0. The first kappa shape index (κ1) is 25.7. The number of hydrogen-bond donors (Lipinski definition) is 0. The Balaban J connectivity index is 0.00000289. The van der Waals surface area contributed by atoms with Crippen molar-refractivity contribution in [1.82, 2.24) is 0 Å². The summed E-state index contributed by atoms with van der Waals surface area (Å²) in [6, 6.07) is 47.5. The third-order valence-electron chi connectivity index (χ3n) is 6.20. The summed E-state index contributed by atoms with van der Waals surface area (Å²) in [7, 11) is -2.08. The van der Waals surface area contributed by atoms with Gasteiger partial charge in [0.25, 0.3) is 0 Å². The monoisotopic (exact) mass is 576 g/mol. The maximum atomic E-state index is 6.47. The molecular formula is C31H24BrCl2P. The molecule has 5 aromatic rings. The summed E-state index contributed by atoms with van der Waals surface area (Å²) in [4.78, 5) is 0. The van der Waals surface area contributed by atoms with E-state index in [2.05, 4.69) is 121 Å². The summed E-state index contributed by atoms with van der Waals surface area (Å²) in [6.45, 7) is 0. The zero-order valence-corrected chi connectivity index (χ0v) is 23.0. The predicted molar refractivity (Wildman–Crippen MR) is 151 cm³/mol. The Kier molecular flexibility index (Phi) is 8.47. The summed E-state index contributed by atoms with van der Waals surface area (Å²) in [5.74, 6) is 0. The van der Waals surface area contributed by atoms with Gasteiger partial charge in [-0.25, -0.2) is 0 Å². The third-order valence-corrected chi connectivity index (χ3v) is 11.4. The van der Waals surface area contributed by atoms with Crippen molar-refractivity contribution in [2.45, 2.75) is 6.16 Å². The summed E-state index contributed by atoms with van der Waals surface area (Å²) < 4.78 is 0. The lowest BCUT2D eigenvalue weighted by atomic mass is 10.1. The molecule has 0 aliphatic rings. The Morgan fingerprint density at radius 3 is 1.60 bits per heavy atom. The third kappa shape index (κ3) is 5.25. The zero-order valence-electron chi connectivity index (χ0n) is 19.0. The van der Waals surface area contributed by atoms with Gasteiger partial charge in [-0.15, -0.1) is 0 Å². The van der Waals surface area contributed by atoms with Crippen LogP contribution in [0.25, 0.3) is 11.1 Å². The molecule has 0 saturated carbocycles. The van der Waals surface area contributed by atoms with Crippen molar-refractivity contribution in [3.8, 4) is 11.1 Å². The van der Waals surface area contributed by atoms with Gasteiger partial charge in [0.1, 0.15) is 23.2 Å². The highest BCUT2D eigenvalue weighted by Crippen LogP contribution is 2.59. The van der Waals surface area contributed by atoms with Crippen molar-refractivity contribution in [2.75, 3.05) is 0 Å². The van der Waals surface area contributed by atoms with Gasteiger partial charge < -0.3 is 17.0 Å². The summed E-state index contributed by atoms with van der Waals surface area (Å²) in [6.07, 6.45) is 0.931. The zero-order chi connectivity index (χ0) is 23.4. The van der Waals surface area contributed by atoms with Crippen LogP contribution in [-0.2, 0) is 6.16 Å². The summed E-state index contributed by atoms with van der Waals surface area (Å²) >= 11 is 12.7. The van der Waals surface area contributed by atoms with Gasteiger partial charge in [-0.05, 0) is 53.6 Å². The second-order valence-electron chi connectivity index (χ2n) is 8.27. The molecule has 0 radical (unpaired) electrons. The molecule has 0 heterocycles. The van der Waals surface area contributed by atoms with Crippen molar-refractivity contribution >= 4 is 46.4 Å². The van der Waals surface area contributed by atoms with Crippen LogP contribution in [0.2, 0.25) is 10.0 Å². The SMILES string of the molecule is Clc1ccc(-c2ccccc2[P+](Cc2ccccc2)(c2ccccc2)c2ccccc2)cc1Cl.[Br-]. The standard InChI is InChI=1S/C31H24Cl2P.BrH/c32-29-21-20-25(22-30(29)33)28-18-10-11-19-31(28)34(26-14-6-2-7-15-26,27-16-8-3-9-17-27)23-24-12-4-1-5-13-24;/h1-22H,23H2;1H/q+1;/p-1. The number of hydrogen-bond acceptors (Lipinski definition) is 0. The molecule has 0 spiro atoms. The molecule has 35 heavy (non-hydrogen) atoms. The predicted octanol–water partition coefficient (Wildman–Crippen LogP) is 5.16. The molecule has 174 valence electrons. The van der Waals surface area contributed by atoms with Crippen molar-refractivity contribution in [1.29, 1.82) is 0 Å². The van der Waals surface area contributed by atoms with Gasteiger partial charge in [0.05, 0.1) is 16.2 Å². The first-order valence-electron chi connectivity index (χ1n) is 11.3. The van der Waals surface area contributed by atoms with Crippen molar-refractivity contribution < 1.29 is 17.0 Å². The van der Waals surface area contributed by atoms with E-state index in [4.69, 9.17) is 23.2 Å². The fourth-order valence-corrected chi connectivity index (χ4v) is 9.40. The van der Waals surface area contributed by atoms with E-state index in [0.29, 0.717) is 10.0 Å². The highest BCUT2D eigenvalue weighted by atomic mass is 79.9. The number of halogens is 3. The molecule has 0 aromatic heterocycles. The van der Waals surface area contributed by atoms with Crippen LogP contribution in [0.3, 0.4) is 0 Å². The average molecular weight is 578 g/mol. The first-order chi connectivity index (χ1) is 16.7. The van der Waals surface area contributed by atoms with Gasteiger partial charge in [0.15, 0.2) is 0 Å². The molecule has 0 aliphatic carbocycles. The minimum Gasteiger partial charge on any atom is -1.00 e. The minimum absolute atomic E-state index is 0. The van der Waals surface area contributed by atoms with Crippen LogP contribution in [0.4, 0.5) is 0 Å². The molecule has 0 unspecified atom stereocenters. The van der Waals surface area contributed by atoms with Crippen LogP contribution in [-0.4, -0.2) is 0 Å². The largest absolute Gasteiger partial charge is 1.00 e. The lowest BCUT2D eigenvalue weighted by Gasteiger charge is -2.29. The second kappa shape index (κ2) is 11.5. The molecule has 0 saturated heterocycles. The summed E-state index contributed by atoms with van der Waals surface area (Å²) in [5.41, 5.74) is 3.60. The summed E-state index contributed by atoms with van der Waals surface area (Å²) in [5, 5.41) is 5.20. The minimum atomic E-state index is -2.08. The molecule has 0 aliphatic heterocycles. The van der Waals surface area contributed by atoms with Crippen LogP contribution in [0.1, 0.15) is 5.56 Å². The Bertz CT molecular complexity index is 1350. The molecule has 0 fully saturated rings. The van der Waals surface area contributed by atoms with Crippen molar-refractivity contribution in [3.63, 3.8) is 0 Å². The van der Waals surface area contributed by atoms with Gasteiger partial charge in [0, 0.05) is 5.56 Å². The van der Waals surface area contributed by atoms with Gasteiger partial charge in [-0.1, -0.05) is 114 Å². The van der Waals surface area contributed by atoms with Crippen LogP contribution in [0.15, 0.2) is 133 Å². The maximum absolute atomic E-state index is 6.47. The van der Waals surface area contributed by atoms with E-state index >= 15 is 0 Å². The van der Waals surface area contributed by atoms with Crippen molar-refractivity contribution in [2.24, 2.45) is 0 Å². The quantitative estimate of drug-likeness (QED) is 0.245. The fourth-order valence-electron chi connectivity index (χ4n) is 4.63. The molecular weight excluding hydrogens is 554 g/mol. The van der Waals surface area contributed by atoms with Gasteiger partial charge >= 0.3 is 0 Å². The topological polar surface area (TPSA) is 0 Å². The van der Waals surface area contributed by atoms with E-state index in [9.17, 15) is 0 Å². The first-order valence-corrected chi connectivity index (χ1v) is 14.0. The van der Waals surface area contributed by atoms with E-state index in [-0.39, 0.29) is 17.0 Å². The highest BCUT2D eigenvalue weighted by Gasteiger charge is 2.47. The number of benzene rings is 5. The lowest BCUT2D eigenvalue weighted by molar-refractivity contribution is -0.00000635.